The van der Waals surface area contributed by atoms with Crippen molar-refractivity contribution in [1.82, 2.24) is 0 Å². The highest BCUT2D eigenvalue weighted by Gasteiger charge is 2.10. The third-order valence-electron chi connectivity index (χ3n) is 0.866. The maximum absolute atomic E-state index is 5.33. The summed E-state index contributed by atoms with van der Waals surface area (Å²) in [6, 6.07) is 0. The minimum absolute atomic E-state index is 0.189. The van der Waals surface area contributed by atoms with Crippen molar-refractivity contribution in [3.63, 3.8) is 0 Å². The molecule has 0 rings (SSSR count). The van der Waals surface area contributed by atoms with Crippen LogP contribution in [-0.4, -0.2) is 6.61 Å². The van der Waals surface area contributed by atoms with E-state index in [0.29, 0.717) is 5.92 Å². The quantitative estimate of drug-likeness (QED) is 0.590. The Bertz CT molecular complexity index is 79.2. The van der Waals surface area contributed by atoms with Gasteiger partial charge in [0, 0.05) is 6.61 Å². The van der Waals surface area contributed by atoms with E-state index < -0.39 is 0 Å². The van der Waals surface area contributed by atoms with Gasteiger partial charge >= 0.3 is 0 Å². The second kappa shape index (κ2) is 3.97. The molecule has 0 fully saturated rings. The zero-order valence-electron chi connectivity index (χ0n) is 7.77. The summed E-state index contributed by atoms with van der Waals surface area (Å²) in [5.41, 5.74) is 0.189. The number of hydrogen-bond donors (Lipinski definition) is 0. The van der Waals surface area contributed by atoms with E-state index in [1.54, 1.807) is 0 Å². The van der Waals surface area contributed by atoms with Crippen LogP contribution in [0.4, 0.5) is 0 Å². The molecule has 1 heteroatoms. The molecule has 61 valence electrons. The van der Waals surface area contributed by atoms with Crippen LogP contribution >= 0.6 is 0 Å². The Morgan fingerprint density at radius 3 is 2.10 bits per heavy atom. The van der Waals surface area contributed by atoms with Gasteiger partial charge in [0.25, 0.3) is 0 Å². The van der Waals surface area contributed by atoms with Crippen LogP contribution in [0.2, 0.25) is 0 Å². The molecule has 0 saturated heterocycles. The molecule has 0 aromatic rings. The van der Waals surface area contributed by atoms with Gasteiger partial charge in [-0.05, 0) is 11.3 Å². The fourth-order valence-electron chi connectivity index (χ4n) is 0.491. The van der Waals surface area contributed by atoms with Crippen molar-refractivity contribution in [2.24, 2.45) is 11.3 Å². The Morgan fingerprint density at radius 2 is 1.80 bits per heavy atom. The molecule has 0 heterocycles. The van der Waals surface area contributed by atoms with E-state index in [1.165, 1.54) is 0 Å². The average Bonchev–Trinajstić information content (AvgIpc) is 1.59. The molecule has 0 aliphatic heterocycles. The topological polar surface area (TPSA) is 9.23 Å². The van der Waals surface area contributed by atoms with Crippen LogP contribution < -0.4 is 0 Å². The predicted octanol–water partition coefficient (Wildman–Crippen LogP) is 2.87. The minimum Gasteiger partial charge on any atom is -0.375 e. The van der Waals surface area contributed by atoms with Gasteiger partial charge in [0.1, 0.15) is 0 Å². The van der Waals surface area contributed by atoms with Crippen molar-refractivity contribution in [2.45, 2.75) is 34.6 Å². The molecule has 0 atom stereocenters. The smallest absolute Gasteiger partial charge is 0.0890 e. The molecule has 0 amide bonds. The number of ether oxygens (including phenoxy) is 1. The van der Waals surface area contributed by atoms with E-state index in [0.717, 1.165) is 6.61 Å². The van der Waals surface area contributed by atoms with Gasteiger partial charge in [-0.1, -0.05) is 34.6 Å². The zero-order chi connectivity index (χ0) is 8.20. The molecular weight excluding hydrogens is 124 g/mol. The highest BCUT2D eigenvalue weighted by Crippen LogP contribution is 2.17. The lowest BCUT2D eigenvalue weighted by atomic mass is 9.99. The highest BCUT2D eigenvalue weighted by atomic mass is 16.5. The monoisotopic (exact) mass is 143 g/mol. The van der Waals surface area contributed by atoms with Gasteiger partial charge in [0.2, 0.25) is 0 Å². The Morgan fingerprint density at radius 1 is 1.30 bits per heavy atom. The largest absolute Gasteiger partial charge is 0.375 e. The fourth-order valence-corrected chi connectivity index (χ4v) is 0.491. The number of rotatable bonds is 3. The Hall–Kier alpha value is -0.0400. The minimum atomic E-state index is 0.189. The van der Waals surface area contributed by atoms with Gasteiger partial charge in [-0.3, -0.25) is 0 Å². The van der Waals surface area contributed by atoms with Gasteiger partial charge in [0.15, 0.2) is 0 Å². The second-order valence-corrected chi connectivity index (χ2v) is 4.21. The summed E-state index contributed by atoms with van der Waals surface area (Å²) in [7, 11) is 0. The van der Waals surface area contributed by atoms with Crippen LogP contribution in [0.15, 0.2) is 0 Å². The maximum atomic E-state index is 5.33. The summed E-state index contributed by atoms with van der Waals surface area (Å²) in [6.45, 7) is 13.4. The molecule has 0 aliphatic rings. The van der Waals surface area contributed by atoms with E-state index in [4.69, 9.17) is 4.74 Å². The van der Waals surface area contributed by atoms with Gasteiger partial charge in [0.05, 0.1) is 6.61 Å². The van der Waals surface area contributed by atoms with Gasteiger partial charge in [-0.25, -0.2) is 0 Å². The summed E-state index contributed by atoms with van der Waals surface area (Å²) in [6.07, 6.45) is 0. The molecule has 0 unspecified atom stereocenters. The summed E-state index contributed by atoms with van der Waals surface area (Å²) in [5.74, 6) is 0.624. The molecule has 0 aromatic heterocycles. The molecule has 0 saturated carbocycles. The van der Waals surface area contributed by atoms with Crippen molar-refractivity contribution in [3.05, 3.63) is 6.61 Å². The summed E-state index contributed by atoms with van der Waals surface area (Å²) in [4.78, 5) is 0. The third kappa shape index (κ3) is 7.96. The Labute approximate surface area is 64.8 Å². The Balaban J connectivity index is 3.21. The van der Waals surface area contributed by atoms with Crippen LogP contribution in [0.25, 0.3) is 0 Å². The first-order valence-electron chi connectivity index (χ1n) is 3.88. The lowest BCUT2D eigenvalue weighted by Gasteiger charge is -2.17. The van der Waals surface area contributed by atoms with Crippen molar-refractivity contribution >= 4 is 0 Å². The number of hydrogen-bond acceptors (Lipinski definition) is 1. The first kappa shape index (κ1) is 9.96. The SMILES string of the molecule is CC(C)CO[CH]C(C)(C)C. The van der Waals surface area contributed by atoms with Crippen LogP contribution in [0.5, 0.6) is 0 Å². The standard InChI is InChI=1S/C9H19O/c1-8(2)6-10-7-9(3,4)5/h7-8H,6H2,1-5H3. The molecule has 0 N–H and O–H groups in total. The van der Waals surface area contributed by atoms with E-state index in [1.807, 2.05) is 6.61 Å². The van der Waals surface area contributed by atoms with E-state index in [9.17, 15) is 0 Å². The second-order valence-electron chi connectivity index (χ2n) is 4.21. The van der Waals surface area contributed by atoms with Crippen molar-refractivity contribution in [3.8, 4) is 0 Å². The lowest BCUT2D eigenvalue weighted by Crippen LogP contribution is -2.11. The molecule has 0 aromatic carbocycles. The molecular formula is C9H19O. The van der Waals surface area contributed by atoms with Gasteiger partial charge in [-0.15, -0.1) is 0 Å². The fraction of sp³-hybridized carbons (Fsp3) is 0.889. The first-order chi connectivity index (χ1) is 4.42. The van der Waals surface area contributed by atoms with Crippen LogP contribution in [0.1, 0.15) is 34.6 Å². The first-order valence-corrected chi connectivity index (χ1v) is 3.88. The summed E-state index contributed by atoms with van der Waals surface area (Å²) >= 11 is 0. The highest BCUT2D eigenvalue weighted by molar-refractivity contribution is 4.71. The van der Waals surface area contributed by atoms with Crippen LogP contribution in [-0.2, 0) is 4.74 Å². The lowest BCUT2D eigenvalue weighted by molar-refractivity contribution is 0.117. The summed E-state index contributed by atoms with van der Waals surface area (Å²) in [5, 5.41) is 0. The van der Waals surface area contributed by atoms with Gasteiger partial charge in [-0.2, -0.15) is 0 Å². The molecule has 0 bridgehead atoms. The van der Waals surface area contributed by atoms with Crippen molar-refractivity contribution in [2.75, 3.05) is 6.61 Å². The average molecular weight is 143 g/mol. The van der Waals surface area contributed by atoms with E-state index in [2.05, 4.69) is 34.6 Å². The summed E-state index contributed by atoms with van der Waals surface area (Å²) < 4.78 is 5.33. The van der Waals surface area contributed by atoms with Crippen LogP contribution in [0, 0.1) is 17.9 Å². The maximum Gasteiger partial charge on any atom is 0.0890 e. The van der Waals surface area contributed by atoms with E-state index in [-0.39, 0.29) is 5.41 Å². The zero-order valence-corrected chi connectivity index (χ0v) is 7.77. The molecule has 0 aliphatic carbocycles. The Kier molecular flexibility index (Phi) is 3.95. The molecule has 10 heavy (non-hydrogen) atoms. The molecule has 1 nitrogen and oxygen atoms in total. The normalized spacial score (nSPS) is 12.6. The van der Waals surface area contributed by atoms with Crippen LogP contribution in [0.3, 0.4) is 0 Å². The van der Waals surface area contributed by atoms with Crippen molar-refractivity contribution in [1.29, 1.82) is 0 Å². The molecule has 0 spiro atoms. The van der Waals surface area contributed by atoms with E-state index >= 15 is 0 Å². The predicted molar refractivity (Wildman–Crippen MR) is 44.5 cm³/mol. The van der Waals surface area contributed by atoms with Gasteiger partial charge < -0.3 is 4.74 Å². The molecule has 1 radical (unpaired) electrons. The third-order valence-corrected chi connectivity index (χ3v) is 0.866. The van der Waals surface area contributed by atoms with Crippen molar-refractivity contribution < 1.29 is 4.74 Å².